The molecule has 1 heterocycles. The van der Waals surface area contributed by atoms with Gasteiger partial charge in [0.05, 0.1) is 18.4 Å². The highest BCUT2D eigenvalue weighted by atomic mass is 19.1. The number of aromatic nitrogens is 1. The van der Waals surface area contributed by atoms with E-state index in [1.54, 1.807) is 6.92 Å². The van der Waals surface area contributed by atoms with Gasteiger partial charge in [0.2, 0.25) is 0 Å². The van der Waals surface area contributed by atoms with Crippen LogP contribution in [0.3, 0.4) is 0 Å². The maximum Gasteiger partial charge on any atom is 0.328 e. The molecule has 0 spiro atoms. The number of esters is 1. The molecule has 1 aromatic heterocycles. The highest BCUT2D eigenvalue weighted by Gasteiger charge is 2.19. The number of nitrogens with zero attached hydrogens (tertiary/aromatic N) is 1. The van der Waals surface area contributed by atoms with Crippen molar-refractivity contribution in [2.24, 2.45) is 0 Å². The normalized spacial score (nSPS) is 11.7. The van der Waals surface area contributed by atoms with Gasteiger partial charge in [-0.2, -0.15) is 0 Å². The van der Waals surface area contributed by atoms with Crippen molar-refractivity contribution in [3.05, 3.63) is 29.8 Å². The Morgan fingerprint density at radius 1 is 1.59 bits per heavy atom. The summed E-state index contributed by atoms with van der Waals surface area (Å²) in [5.74, 6) is -1.97. The van der Waals surface area contributed by atoms with Gasteiger partial charge in [-0.1, -0.05) is 0 Å². The predicted molar refractivity (Wildman–Crippen MR) is 57.8 cm³/mol. The van der Waals surface area contributed by atoms with Crippen LogP contribution in [0.25, 0.3) is 0 Å². The summed E-state index contributed by atoms with van der Waals surface area (Å²) in [5, 5.41) is 2.34. The lowest BCUT2D eigenvalue weighted by atomic mass is 10.2. The SMILES string of the molecule is CCOC(=O)C(C)NC(=O)c1ccncc1F. The van der Waals surface area contributed by atoms with Crippen LogP contribution in [-0.4, -0.2) is 29.5 Å². The van der Waals surface area contributed by atoms with Crippen LogP contribution in [0.2, 0.25) is 0 Å². The number of rotatable bonds is 4. The Kier molecular flexibility index (Phi) is 4.56. The molecule has 1 aromatic rings. The van der Waals surface area contributed by atoms with Gasteiger partial charge in [-0.15, -0.1) is 0 Å². The molecule has 5 nitrogen and oxygen atoms in total. The van der Waals surface area contributed by atoms with Crippen LogP contribution < -0.4 is 5.32 Å². The number of nitrogens with one attached hydrogen (secondary N) is 1. The van der Waals surface area contributed by atoms with Gasteiger partial charge < -0.3 is 10.1 Å². The number of carbonyl (C=O) groups excluding carboxylic acids is 2. The van der Waals surface area contributed by atoms with Crippen LogP contribution in [0.5, 0.6) is 0 Å². The van der Waals surface area contributed by atoms with Crippen molar-refractivity contribution >= 4 is 11.9 Å². The fraction of sp³-hybridized carbons (Fsp3) is 0.364. The summed E-state index contributed by atoms with van der Waals surface area (Å²) in [7, 11) is 0. The van der Waals surface area contributed by atoms with E-state index in [-0.39, 0.29) is 12.2 Å². The van der Waals surface area contributed by atoms with Gasteiger partial charge in [0.1, 0.15) is 6.04 Å². The zero-order valence-corrected chi connectivity index (χ0v) is 9.57. The molecule has 0 saturated carbocycles. The Bertz CT molecular complexity index is 423. The van der Waals surface area contributed by atoms with Crippen LogP contribution >= 0.6 is 0 Å². The topological polar surface area (TPSA) is 68.3 Å². The third-order valence-corrected chi connectivity index (χ3v) is 2.00. The zero-order valence-electron chi connectivity index (χ0n) is 9.57. The summed E-state index contributed by atoms with van der Waals surface area (Å²) in [5.41, 5.74) is -0.156. The molecule has 0 saturated heterocycles. The molecule has 0 aliphatic rings. The number of hydrogen-bond donors (Lipinski definition) is 1. The van der Waals surface area contributed by atoms with E-state index in [1.807, 2.05) is 0 Å². The van der Waals surface area contributed by atoms with Crippen molar-refractivity contribution in [1.82, 2.24) is 10.3 Å². The lowest BCUT2D eigenvalue weighted by Crippen LogP contribution is -2.39. The fourth-order valence-electron chi connectivity index (χ4n) is 1.16. The summed E-state index contributed by atoms with van der Waals surface area (Å²) in [6, 6.07) is 0.415. The van der Waals surface area contributed by atoms with E-state index in [9.17, 15) is 14.0 Å². The number of pyridine rings is 1. The summed E-state index contributed by atoms with van der Waals surface area (Å²) >= 11 is 0. The molecule has 0 fully saturated rings. The van der Waals surface area contributed by atoms with E-state index in [1.165, 1.54) is 19.2 Å². The summed E-state index contributed by atoms with van der Waals surface area (Å²) in [6.45, 7) is 3.35. The molecule has 1 rings (SSSR count). The summed E-state index contributed by atoms with van der Waals surface area (Å²) in [6.07, 6.45) is 2.23. The molecule has 6 heteroatoms. The first-order chi connectivity index (χ1) is 8.06. The first-order valence-corrected chi connectivity index (χ1v) is 5.13. The molecule has 0 bridgehead atoms. The van der Waals surface area contributed by atoms with Crippen molar-refractivity contribution in [3.63, 3.8) is 0 Å². The van der Waals surface area contributed by atoms with E-state index >= 15 is 0 Å². The van der Waals surface area contributed by atoms with Gasteiger partial charge in [0.15, 0.2) is 5.82 Å². The molecular weight excluding hydrogens is 227 g/mol. The predicted octanol–water partition coefficient (Wildman–Crippen LogP) is 0.902. The molecule has 1 unspecified atom stereocenters. The standard InChI is InChI=1S/C11H13FN2O3/c1-3-17-11(16)7(2)14-10(15)8-4-5-13-6-9(8)12/h4-7H,3H2,1-2H3,(H,14,15). The van der Waals surface area contributed by atoms with Crippen molar-refractivity contribution in [1.29, 1.82) is 0 Å². The van der Waals surface area contributed by atoms with Crippen LogP contribution in [0.1, 0.15) is 24.2 Å². The van der Waals surface area contributed by atoms with Crippen molar-refractivity contribution in [3.8, 4) is 0 Å². The van der Waals surface area contributed by atoms with E-state index in [4.69, 9.17) is 4.74 Å². The second-order valence-electron chi connectivity index (χ2n) is 3.30. The molecular formula is C11H13FN2O3. The van der Waals surface area contributed by atoms with Crippen LogP contribution in [0, 0.1) is 5.82 Å². The minimum Gasteiger partial charge on any atom is -0.464 e. The summed E-state index contributed by atoms with van der Waals surface area (Å²) < 4.78 is 17.9. The number of halogens is 1. The first-order valence-electron chi connectivity index (χ1n) is 5.13. The van der Waals surface area contributed by atoms with Crippen LogP contribution in [0.4, 0.5) is 4.39 Å². The largest absolute Gasteiger partial charge is 0.464 e. The van der Waals surface area contributed by atoms with Gasteiger partial charge in [-0.3, -0.25) is 9.78 Å². The van der Waals surface area contributed by atoms with Gasteiger partial charge in [-0.05, 0) is 19.9 Å². The molecule has 0 aliphatic heterocycles. The van der Waals surface area contributed by atoms with Crippen molar-refractivity contribution in [2.45, 2.75) is 19.9 Å². The van der Waals surface area contributed by atoms with Gasteiger partial charge >= 0.3 is 5.97 Å². The maximum atomic E-state index is 13.2. The van der Waals surface area contributed by atoms with Crippen LogP contribution in [-0.2, 0) is 9.53 Å². The molecule has 17 heavy (non-hydrogen) atoms. The first kappa shape index (κ1) is 13.1. The highest BCUT2D eigenvalue weighted by molar-refractivity contribution is 5.96. The number of amides is 1. The highest BCUT2D eigenvalue weighted by Crippen LogP contribution is 2.04. The van der Waals surface area contributed by atoms with Crippen molar-refractivity contribution < 1.29 is 18.7 Å². The fourth-order valence-corrected chi connectivity index (χ4v) is 1.16. The minimum atomic E-state index is -0.824. The average molecular weight is 240 g/mol. The molecule has 92 valence electrons. The van der Waals surface area contributed by atoms with Gasteiger partial charge in [0.25, 0.3) is 5.91 Å². The second-order valence-corrected chi connectivity index (χ2v) is 3.30. The third-order valence-electron chi connectivity index (χ3n) is 2.00. The monoisotopic (exact) mass is 240 g/mol. The van der Waals surface area contributed by atoms with E-state index in [2.05, 4.69) is 10.3 Å². The zero-order chi connectivity index (χ0) is 12.8. The Labute approximate surface area is 98.0 Å². The summed E-state index contributed by atoms with van der Waals surface area (Å²) in [4.78, 5) is 26.4. The van der Waals surface area contributed by atoms with E-state index in [0.717, 1.165) is 6.20 Å². The lowest BCUT2D eigenvalue weighted by Gasteiger charge is -2.12. The Balaban J connectivity index is 2.67. The molecule has 1 amide bonds. The van der Waals surface area contributed by atoms with E-state index < -0.39 is 23.7 Å². The average Bonchev–Trinajstić information content (AvgIpc) is 2.29. The smallest absolute Gasteiger partial charge is 0.328 e. The van der Waals surface area contributed by atoms with Gasteiger partial charge in [-0.25, -0.2) is 9.18 Å². The molecule has 0 radical (unpaired) electrons. The van der Waals surface area contributed by atoms with Crippen molar-refractivity contribution in [2.75, 3.05) is 6.61 Å². The van der Waals surface area contributed by atoms with E-state index in [0.29, 0.717) is 0 Å². The number of hydrogen-bond acceptors (Lipinski definition) is 4. The molecule has 0 aromatic carbocycles. The molecule has 0 aliphatic carbocycles. The quantitative estimate of drug-likeness (QED) is 0.794. The Hall–Kier alpha value is -1.98. The number of ether oxygens (including phenoxy) is 1. The van der Waals surface area contributed by atoms with Gasteiger partial charge in [0, 0.05) is 6.20 Å². The minimum absolute atomic E-state index is 0.156. The number of carbonyl (C=O) groups is 2. The molecule has 1 N–H and O–H groups in total. The Morgan fingerprint density at radius 3 is 2.88 bits per heavy atom. The second kappa shape index (κ2) is 5.93. The lowest BCUT2D eigenvalue weighted by molar-refractivity contribution is -0.144. The third kappa shape index (κ3) is 3.51. The maximum absolute atomic E-state index is 13.2. The Morgan fingerprint density at radius 2 is 2.29 bits per heavy atom. The molecule has 1 atom stereocenters. The van der Waals surface area contributed by atoms with Crippen LogP contribution in [0.15, 0.2) is 18.5 Å².